The zero-order chi connectivity index (χ0) is 13.1. The summed E-state index contributed by atoms with van der Waals surface area (Å²) >= 11 is 10.1. The van der Waals surface area contributed by atoms with Gasteiger partial charge in [-0.2, -0.15) is 0 Å². The van der Waals surface area contributed by atoms with Gasteiger partial charge in [-0.05, 0) is 72.1 Å². The minimum Gasteiger partial charge on any atom is -0.378 e. The summed E-state index contributed by atoms with van der Waals surface area (Å²) < 4.78 is 15.7. The maximum atomic E-state index is 13.1. The van der Waals surface area contributed by atoms with Gasteiger partial charge in [0.1, 0.15) is 5.82 Å². The minimum absolute atomic E-state index is 0.275. The lowest BCUT2D eigenvalue weighted by molar-refractivity contribution is 0.628. The van der Waals surface area contributed by atoms with Crippen molar-refractivity contribution in [3.63, 3.8) is 0 Å². The van der Waals surface area contributed by atoms with Crippen LogP contribution in [-0.2, 0) is 6.54 Å². The van der Waals surface area contributed by atoms with Gasteiger partial charge in [0, 0.05) is 19.6 Å². The molecule has 0 radical (unpaired) electrons. The molecule has 1 heterocycles. The Kier molecular flexibility index (Phi) is 4.75. The van der Waals surface area contributed by atoms with Crippen molar-refractivity contribution in [3.05, 3.63) is 55.4 Å². The summed E-state index contributed by atoms with van der Waals surface area (Å²) in [6.45, 7) is 0.510. The Balaban J connectivity index is 2.13. The van der Waals surface area contributed by atoms with Crippen molar-refractivity contribution in [1.82, 2.24) is 4.98 Å². The van der Waals surface area contributed by atoms with Gasteiger partial charge in [-0.25, -0.2) is 4.39 Å². The summed E-state index contributed by atoms with van der Waals surface area (Å²) in [6, 6.07) is 6.44. The molecule has 0 fully saturated rings. The summed E-state index contributed by atoms with van der Waals surface area (Å²) in [4.78, 5) is 4.28. The number of benzene rings is 1. The van der Waals surface area contributed by atoms with E-state index in [9.17, 15) is 4.39 Å². The van der Waals surface area contributed by atoms with Gasteiger partial charge in [-0.3, -0.25) is 4.98 Å². The SMILES string of the molecule is Fc1ccc(Br)c(NCc2ncc(Br)cc2Br)c1. The molecule has 94 valence electrons. The lowest BCUT2D eigenvalue weighted by Gasteiger charge is -2.09. The van der Waals surface area contributed by atoms with E-state index >= 15 is 0 Å². The molecule has 0 spiro atoms. The van der Waals surface area contributed by atoms with Crippen molar-refractivity contribution < 1.29 is 4.39 Å². The zero-order valence-corrected chi connectivity index (χ0v) is 13.8. The number of aromatic nitrogens is 1. The largest absolute Gasteiger partial charge is 0.378 e. The van der Waals surface area contributed by atoms with Crippen molar-refractivity contribution in [3.8, 4) is 0 Å². The third-order valence-corrected chi connectivity index (χ3v) is 4.07. The number of hydrogen-bond acceptors (Lipinski definition) is 2. The standard InChI is InChI=1S/C12H8Br3FN2/c13-7-3-10(15)12(17-5-7)6-18-11-4-8(16)1-2-9(11)14/h1-5,18H,6H2. The summed E-state index contributed by atoms with van der Waals surface area (Å²) in [7, 11) is 0. The molecule has 18 heavy (non-hydrogen) atoms. The van der Waals surface area contributed by atoms with Crippen LogP contribution in [0.5, 0.6) is 0 Å². The molecule has 0 aliphatic carbocycles. The van der Waals surface area contributed by atoms with Crippen molar-refractivity contribution in [1.29, 1.82) is 0 Å². The maximum Gasteiger partial charge on any atom is 0.125 e. The van der Waals surface area contributed by atoms with Crippen molar-refractivity contribution >= 4 is 53.5 Å². The fourth-order valence-corrected chi connectivity index (χ4v) is 2.90. The van der Waals surface area contributed by atoms with E-state index in [1.807, 2.05) is 6.07 Å². The van der Waals surface area contributed by atoms with Gasteiger partial charge in [-0.15, -0.1) is 0 Å². The van der Waals surface area contributed by atoms with Gasteiger partial charge >= 0.3 is 0 Å². The third kappa shape index (κ3) is 3.52. The highest BCUT2D eigenvalue weighted by Gasteiger charge is 2.05. The summed E-state index contributed by atoms with van der Waals surface area (Å²) in [5, 5.41) is 3.14. The molecule has 2 aromatic rings. The van der Waals surface area contributed by atoms with Gasteiger partial charge in [0.2, 0.25) is 0 Å². The maximum absolute atomic E-state index is 13.1. The average molecular weight is 439 g/mol. The monoisotopic (exact) mass is 436 g/mol. The Hall–Kier alpha value is -0.460. The van der Waals surface area contributed by atoms with Crippen molar-refractivity contribution in [2.45, 2.75) is 6.54 Å². The molecule has 0 bridgehead atoms. The van der Waals surface area contributed by atoms with Crippen LogP contribution < -0.4 is 5.32 Å². The second kappa shape index (κ2) is 6.12. The molecule has 1 aromatic heterocycles. The lowest BCUT2D eigenvalue weighted by Crippen LogP contribution is -2.03. The lowest BCUT2D eigenvalue weighted by atomic mass is 10.3. The highest BCUT2D eigenvalue weighted by Crippen LogP contribution is 2.25. The van der Waals surface area contributed by atoms with Crippen LogP contribution in [0.3, 0.4) is 0 Å². The number of pyridine rings is 1. The smallest absolute Gasteiger partial charge is 0.125 e. The van der Waals surface area contributed by atoms with E-state index in [0.29, 0.717) is 12.2 Å². The highest BCUT2D eigenvalue weighted by molar-refractivity contribution is 9.11. The molecular formula is C12H8Br3FN2. The van der Waals surface area contributed by atoms with E-state index in [1.165, 1.54) is 12.1 Å². The van der Waals surface area contributed by atoms with Crippen molar-refractivity contribution in [2.75, 3.05) is 5.32 Å². The van der Waals surface area contributed by atoms with E-state index in [4.69, 9.17) is 0 Å². The van der Waals surface area contributed by atoms with Crippen LogP contribution in [0.4, 0.5) is 10.1 Å². The first-order valence-electron chi connectivity index (χ1n) is 5.05. The van der Waals surface area contributed by atoms with E-state index in [0.717, 1.165) is 19.1 Å². The molecule has 0 atom stereocenters. The van der Waals surface area contributed by atoms with Crippen LogP contribution >= 0.6 is 47.8 Å². The van der Waals surface area contributed by atoms with Crippen LogP contribution in [-0.4, -0.2) is 4.98 Å². The normalized spacial score (nSPS) is 10.4. The topological polar surface area (TPSA) is 24.9 Å². The number of anilines is 1. The summed E-state index contributed by atoms with van der Waals surface area (Å²) in [5.74, 6) is -0.275. The molecule has 0 amide bonds. The number of nitrogens with one attached hydrogen (secondary N) is 1. The van der Waals surface area contributed by atoms with E-state index in [2.05, 4.69) is 58.1 Å². The second-order valence-corrected chi connectivity index (χ2v) is 6.18. The number of rotatable bonds is 3. The molecule has 2 rings (SSSR count). The molecule has 2 nitrogen and oxygen atoms in total. The molecule has 0 aliphatic rings. The molecular weight excluding hydrogens is 431 g/mol. The van der Waals surface area contributed by atoms with Gasteiger partial charge in [0.05, 0.1) is 17.9 Å². The number of nitrogens with zero attached hydrogens (tertiary/aromatic N) is 1. The number of halogens is 4. The van der Waals surface area contributed by atoms with E-state index in [-0.39, 0.29) is 5.82 Å². The Morgan fingerprint density at radius 1 is 1.11 bits per heavy atom. The fourth-order valence-electron chi connectivity index (χ4n) is 1.38. The van der Waals surface area contributed by atoms with Crippen LogP contribution in [0, 0.1) is 5.82 Å². The quantitative estimate of drug-likeness (QED) is 0.719. The molecule has 6 heteroatoms. The van der Waals surface area contributed by atoms with E-state index < -0.39 is 0 Å². The van der Waals surface area contributed by atoms with Crippen LogP contribution in [0.25, 0.3) is 0 Å². The molecule has 0 saturated carbocycles. The predicted octanol–water partition coefficient (Wildman–Crippen LogP) is 5.12. The van der Waals surface area contributed by atoms with Crippen LogP contribution in [0.1, 0.15) is 5.69 Å². The fraction of sp³-hybridized carbons (Fsp3) is 0.0833. The minimum atomic E-state index is -0.275. The Bertz CT molecular complexity index is 575. The first-order chi connectivity index (χ1) is 8.56. The van der Waals surface area contributed by atoms with E-state index in [1.54, 1.807) is 12.3 Å². The Morgan fingerprint density at radius 2 is 1.89 bits per heavy atom. The molecule has 0 saturated heterocycles. The zero-order valence-electron chi connectivity index (χ0n) is 9.05. The highest BCUT2D eigenvalue weighted by atomic mass is 79.9. The van der Waals surface area contributed by atoms with Gasteiger partial charge in [-0.1, -0.05) is 0 Å². The molecule has 0 unspecified atom stereocenters. The third-order valence-electron chi connectivity index (χ3n) is 2.26. The van der Waals surface area contributed by atoms with Gasteiger partial charge in [0.25, 0.3) is 0 Å². The van der Waals surface area contributed by atoms with Gasteiger partial charge < -0.3 is 5.32 Å². The Labute approximate surface area is 129 Å². The first-order valence-corrected chi connectivity index (χ1v) is 7.43. The first kappa shape index (κ1) is 14.0. The summed E-state index contributed by atoms with van der Waals surface area (Å²) in [6.07, 6.45) is 1.72. The van der Waals surface area contributed by atoms with Crippen molar-refractivity contribution in [2.24, 2.45) is 0 Å². The molecule has 0 aliphatic heterocycles. The van der Waals surface area contributed by atoms with Crippen LogP contribution in [0.15, 0.2) is 43.9 Å². The molecule has 1 N–H and O–H groups in total. The number of hydrogen-bond donors (Lipinski definition) is 1. The predicted molar refractivity (Wildman–Crippen MR) is 81.1 cm³/mol. The molecule has 1 aromatic carbocycles. The van der Waals surface area contributed by atoms with Crippen LogP contribution in [0.2, 0.25) is 0 Å². The van der Waals surface area contributed by atoms with Gasteiger partial charge in [0.15, 0.2) is 0 Å². The second-order valence-electron chi connectivity index (χ2n) is 3.56. The Morgan fingerprint density at radius 3 is 2.61 bits per heavy atom. The summed E-state index contributed by atoms with van der Waals surface area (Å²) in [5.41, 5.74) is 1.56. The average Bonchev–Trinajstić information content (AvgIpc) is 2.32.